The molecule has 1 aliphatic heterocycles. The molecule has 5 nitrogen and oxygen atoms in total. The minimum Gasteiger partial charge on any atom is -0.345 e. The number of rotatable bonds is 6. The zero-order valence-electron chi connectivity index (χ0n) is 19.4. The lowest BCUT2D eigenvalue weighted by Crippen LogP contribution is -2.43. The Morgan fingerprint density at radius 3 is 2.15 bits per heavy atom. The second-order valence-corrected chi connectivity index (χ2v) is 10.8. The molecular weight excluding hydrogens is 451 g/mol. The van der Waals surface area contributed by atoms with E-state index in [0.717, 1.165) is 22.3 Å². The summed E-state index contributed by atoms with van der Waals surface area (Å²) in [6.07, 6.45) is 0.891. The number of halogens is 1. The third-order valence-electron chi connectivity index (χ3n) is 6.56. The first-order valence-electron chi connectivity index (χ1n) is 11.4. The van der Waals surface area contributed by atoms with Crippen LogP contribution in [0, 0.1) is 25.6 Å². The van der Waals surface area contributed by atoms with Gasteiger partial charge in [-0.1, -0.05) is 48.5 Å². The maximum atomic E-state index is 13.5. The number of piperidine rings is 1. The van der Waals surface area contributed by atoms with Crippen molar-refractivity contribution in [1.82, 2.24) is 9.62 Å². The quantitative estimate of drug-likeness (QED) is 0.554. The summed E-state index contributed by atoms with van der Waals surface area (Å²) in [5.74, 6) is -0.751. The average Bonchev–Trinajstić information content (AvgIpc) is 2.85. The molecule has 3 aromatic carbocycles. The van der Waals surface area contributed by atoms with Crippen molar-refractivity contribution >= 4 is 15.9 Å². The van der Waals surface area contributed by atoms with Crippen LogP contribution in [-0.4, -0.2) is 31.7 Å². The molecule has 1 atom stereocenters. The number of carbonyl (C=O) groups is 1. The van der Waals surface area contributed by atoms with Gasteiger partial charge in [-0.25, -0.2) is 12.8 Å². The number of carbonyl (C=O) groups excluding carboxylic acids is 1. The van der Waals surface area contributed by atoms with Gasteiger partial charge in [-0.3, -0.25) is 4.79 Å². The minimum atomic E-state index is -3.60. The third kappa shape index (κ3) is 5.21. The largest absolute Gasteiger partial charge is 0.345 e. The second kappa shape index (κ2) is 10.1. The Labute approximate surface area is 200 Å². The second-order valence-electron chi connectivity index (χ2n) is 8.83. The molecule has 0 aliphatic carbocycles. The van der Waals surface area contributed by atoms with Gasteiger partial charge in [-0.15, -0.1) is 0 Å². The SMILES string of the molecule is Cc1ccc(S(=O)(=O)N2CCC(C(=O)NC(c3ccccc3)c3ccc(F)cc3)CC2)cc1C. The van der Waals surface area contributed by atoms with Gasteiger partial charge in [0.25, 0.3) is 0 Å². The molecule has 0 radical (unpaired) electrons. The molecule has 0 saturated carbocycles. The average molecular weight is 481 g/mol. The lowest BCUT2D eigenvalue weighted by Gasteiger charge is -2.32. The topological polar surface area (TPSA) is 66.5 Å². The van der Waals surface area contributed by atoms with Crippen molar-refractivity contribution in [3.8, 4) is 0 Å². The summed E-state index contributed by atoms with van der Waals surface area (Å²) in [5, 5.41) is 3.11. The van der Waals surface area contributed by atoms with Crippen molar-refractivity contribution in [2.45, 2.75) is 37.6 Å². The van der Waals surface area contributed by atoms with Gasteiger partial charge in [-0.2, -0.15) is 4.31 Å². The van der Waals surface area contributed by atoms with E-state index >= 15 is 0 Å². The fourth-order valence-electron chi connectivity index (χ4n) is 4.30. The molecule has 0 spiro atoms. The van der Waals surface area contributed by atoms with Gasteiger partial charge in [0.05, 0.1) is 10.9 Å². The van der Waals surface area contributed by atoms with Crippen LogP contribution in [0.1, 0.15) is 41.1 Å². The summed E-state index contributed by atoms with van der Waals surface area (Å²) in [4.78, 5) is 13.5. The predicted molar refractivity (Wildman–Crippen MR) is 130 cm³/mol. The smallest absolute Gasteiger partial charge is 0.243 e. The van der Waals surface area contributed by atoms with E-state index in [4.69, 9.17) is 0 Å². The number of hydrogen-bond acceptors (Lipinski definition) is 3. The maximum absolute atomic E-state index is 13.5. The molecule has 1 N–H and O–H groups in total. The minimum absolute atomic E-state index is 0.124. The van der Waals surface area contributed by atoms with Crippen molar-refractivity contribution < 1.29 is 17.6 Å². The lowest BCUT2D eigenvalue weighted by molar-refractivity contribution is -0.126. The van der Waals surface area contributed by atoms with Crippen molar-refractivity contribution in [2.24, 2.45) is 5.92 Å². The fraction of sp³-hybridized carbons (Fsp3) is 0.296. The Kier molecular flexibility index (Phi) is 7.14. The van der Waals surface area contributed by atoms with Crippen LogP contribution in [0.2, 0.25) is 0 Å². The standard InChI is InChI=1S/C27H29FN2O3S/c1-19-8-13-25(18-20(19)2)34(32,33)30-16-14-23(15-17-30)27(31)29-26(21-6-4-3-5-7-21)22-9-11-24(28)12-10-22/h3-13,18,23,26H,14-17H2,1-2H3,(H,29,31). The zero-order valence-corrected chi connectivity index (χ0v) is 20.2. The Bertz CT molecular complexity index is 1250. The molecule has 1 aliphatic rings. The fourth-order valence-corrected chi connectivity index (χ4v) is 5.86. The van der Waals surface area contributed by atoms with Crippen LogP contribution in [-0.2, 0) is 14.8 Å². The monoisotopic (exact) mass is 480 g/mol. The summed E-state index contributed by atoms with van der Waals surface area (Å²) in [6.45, 7) is 4.43. The van der Waals surface area contributed by atoms with E-state index in [1.54, 1.807) is 24.3 Å². The molecule has 1 amide bonds. The Hall–Kier alpha value is -3.03. The van der Waals surface area contributed by atoms with Crippen LogP contribution in [0.3, 0.4) is 0 Å². The molecule has 0 bridgehead atoms. The molecular formula is C27H29FN2O3S. The van der Waals surface area contributed by atoms with Crippen molar-refractivity contribution in [2.75, 3.05) is 13.1 Å². The van der Waals surface area contributed by atoms with E-state index in [2.05, 4.69) is 5.32 Å². The first kappa shape index (κ1) is 24.1. The van der Waals surface area contributed by atoms with Crippen LogP contribution < -0.4 is 5.32 Å². The van der Waals surface area contributed by atoms with E-state index in [-0.39, 0.29) is 17.6 Å². The van der Waals surface area contributed by atoms with Crippen LogP contribution in [0.25, 0.3) is 0 Å². The highest BCUT2D eigenvalue weighted by atomic mass is 32.2. The van der Waals surface area contributed by atoms with Crippen molar-refractivity contribution in [3.63, 3.8) is 0 Å². The number of benzene rings is 3. The highest BCUT2D eigenvalue weighted by Crippen LogP contribution is 2.27. The summed E-state index contributed by atoms with van der Waals surface area (Å²) in [7, 11) is -3.60. The lowest BCUT2D eigenvalue weighted by atomic mass is 9.94. The number of aryl methyl sites for hydroxylation is 2. The highest BCUT2D eigenvalue weighted by molar-refractivity contribution is 7.89. The molecule has 1 unspecified atom stereocenters. The summed E-state index contributed by atoms with van der Waals surface area (Å²) >= 11 is 0. The van der Waals surface area contributed by atoms with Crippen molar-refractivity contribution in [1.29, 1.82) is 0 Å². The maximum Gasteiger partial charge on any atom is 0.243 e. The van der Waals surface area contributed by atoms with Gasteiger partial charge in [0.15, 0.2) is 0 Å². The number of nitrogens with zero attached hydrogens (tertiary/aromatic N) is 1. The van der Waals surface area contributed by atoms with Crippen molar-refractivity contribution in [3.05, 3.63) is 101 Å². The molecule has 1 fully saturated rings. The number of sulfonamides is 1. The van der Waals surface area contributed by atoms with Gasteiger partial charge in [0, 0.05) is 19.0 Å². The van der Waals surface area contributed by atoms with E-state index in [1.807, 2.05) is 50.2 Å². The Morgan fingerprint density at radius 1 is 0.912 bits per heavy atom. The molecule has 4 rings (SSSR count). The van der Waals surface area contributed by atoms with Gasteiger partial charge in [-0.05, 0) is 73.2 Å². The van der Waals surface area contributed by atoms with Crippen LogP contribution in [0.5, 0.6) is 0 Å². The first-order valence-corrected chi connectivity index (χ1v) is 12.9. The van der Waals surface area contributed by atoms with Gasteiger partial charge < -0.3 is 5.32 Å². The number of hydrogen-bond donors (Lipinski definition) is 1. The summed E-state index contributed by atoms with van der Waals surface area (Å²) < 4.78 is 41.1. The third-order valence-corrected chi connectivity index (χ3v) is 8.46. The first-order chi connectivity index (χ1) is 16.3. The predicted octanol–water partition coefficient (Wildman–Crippen LogP) is 4.75. The van der Waals surface area contributed by atoms with E-state index in [0.29, 0.717) is 30.8 Å². The molecule has 178 valence electrons. The van der Waals surface area contributed by atoms with E-state index < -0.39 is 16.1 Å². The molecule has 3 aromatic rings. The van der Waals surface area contributed by atoms with Gasteiger partial charge in [0.1, 0.15) is 5.82 Å². The van der Waals surface area contributed by atoms with Gasteiger partial charge >= 0.3 is 0 Å². The Balaban J connectivity index is 1.45. The van der Waals surface area contributed by atoms with Crippen LogP contribution in [0.15, 0.2) is 77.7 Å². The number of nitrogens with one attached hydrogen (secondary N) is 1. The van der Waals surface area contributed by atoms with Crippen LogP contribution in [0.4, 0.5) is 4.39 Å². The molecule has 7 heteroatoms. The van der Waals surface area contributed by atoms with E-state index in [1.165, 1.54) is 16.4 Å². The highest BCUT2D eigenvalue weighted by Gasteiger charge is 2.33. The Morgan fingerprint density at radius 2 is 1.53 bits per heavy atom. The number of amides is 1. The molecule has 1 heterocycles. The molecule has 34 heavy (non-hydrogen) atoms. The zero-order chi connectivity index (χ0) is 24.3. The van der Waals surface area contributed by atoms with Crippen LogP contribution >= 0.6 is 0 Å². The summed E-state index contributed by atoms with van der Waals surface area (Å²) in [5.41, 5.74) is 3.67. The normalized spacial score (nSPS) is 16.2. The molecule has 1 saturated heterocycles. The van der Waals surface area contributed by atoms with Gasteiger partial charge in [0.2, 0.25) is 15.9 Å². The summed E-state index contributed by atoms with van der Waals surface area (Å²) in [6, 6.07) is 20.4. The molecule has 0 aromatic heterocycles. The van der Waals surface area contributed by atoms with E-state index in [9.17, 15) is 17.6 Å².